The van der Waals surface area contributed by atoms with Crippen LogP contribution in [0.15, 0.2) is 6.20 Å². The first kappa shape index (κ1) is 14.8. The topological polar surface area (TPSA) is 59.4 Å². The monoisotopic (exact) mass is 280 g/mol. The van der Waals surface area contributed by atoms with Gasteiger partial charge in [-0.25, -0.2) is 4.79 Å². The Morgan fingerprint density at radius 2 is 2.20 bits per heavy atom. The Bertz CT molecular complexity index is 450. The molecule has 0 aromatic carbocycles. The minimum atomic E-state index is -0.186. The van der Waals surface area contributed by atoms with Gasteiger partial charge in [-0.2, -0.15) is 5.10 Å². The molecule has 112 valence electrons. The molecule has 1 amide bonds. The maximum Gasteiger partial charge on any atom is 0.409 e. The van der Waals surface area contributed by atoms with Crippen LogP contribution in [0.5, 0.6) is 0 Å². The standard InChI is InChI=1S/C14H24N4O2/c1-4-20-14(19)18-7-5-13(6-8-18)15-9-12-10-17(3)16-11(12)2/h10,13,15H,4-9H2,1-3H3. The van der Waals surface area contributed by atoms with Gasteiger partial charge in [0.05, 0.1) is 12.3 Å². The molecule has 1 aliphatic rings. The van der Waals surface area contributed by atoms with E-state index >= 15 is 0 Å². The third-order valence-corrected chi connectivity index (χ3v) is 3.72. The number of amides is 1. The molecule has 0 radical (unpaired) electrons. The van der Waals surface area contributed by atoms with Gasteiger partial charge >= 0.3 is 6.09 Å². The fourth-order valence-electron chi connectivity index (χ4n) is 2.56. The van der Waals surface area contributed by atoms with Gasteiger partial charge in [0.1, 0.15) is 0 Å². The fraction of sp³-hybridized carbons (Fsp3) is 0.714. The summed E-state index contributed by atoms with van der Waals surface area (Å²) < 4.78 is 6.86. The highest BCUT2D eigenvalue weighted by Gasteiger charge is 2.23. The summed E-state index contributed by atoms with van der Waals surface area (Å²) in [6.45, 7) is 6.68. The van der Waals surface area contributed by atoms with E-state index in [-0.39, 0.29) is 6.09 Å². The molecule has 1 aromatic rings. The molecule has 2 rings (SSSR count). The molecular formula is C14H24N4O2. The second-order valence-corrected chi connectivity index (χ2v) is 5.25. The zero-order valence-electron chi connectivity index (χ0n) is 12.6. The molecule has 0 bridgehead atoms. The van der Waals surface area contributed by atoms with E-state index in [1.54, 1.807) is 4.90 Å². The first-order chi connectivity index (χ1) is 9.60. The smallest absolute Gasteiger partial charge is 0.409 e. The lowest BCUT2D eigenvalue weighted by Gasteiger charge is -2.31. The summed E-state index contributed by atoms with van der Waals surface area (Å²) in [7, 11) is 1.94. The van der Waals surface area contributed by atoms with Crippen LogP contribution in [0, 0.1) is 6.92 Å². The Morgan fingerprint density at radius 3 is 2.75 bits per heavy atom. The summed E-state index contributed by atoms with van der Waals surface area (Å²) in [5.41, 5.74) is 2.31. The van der Waals surface area contributed by atoms with Crippen LogP contribution in [0.1, 0.15) is 31.0 Å². The molecular weight excluding hydrogens is 256 g/mol. The second kappa shape index (κ2) is 6.74. The number of rotatable bonds is 4. The molecule has 0 aliphatic carbocycles. The zero-order valence-corrected chi connectivity index (χ0v) is 12.6. The lowest BCUT2D eigenvalue weighted by molar-refractivity contribution is 0.0950. The lowest BCUT2D eigenvalue weighted by Crippen LogP contribution is -2.44. The predicted molar refractivity (Wildman–Crippen MR) is 76.4 cm³/mol. The van der Waals surface area contributed by atoms with E-state index in [1.807, 2.05) is 25.6 Å². The van der Waals surface area contributed by atoms with Crippen molar-refractivity contribution in [1.82, 2.24) is 20.0 Å². The Kier molecular flexibility index (Phi) is 5.00. The van der Waals surface area contributed by atoms with Crippen LogP contribution in [-0.4, -0.2) is 46.5 Å². The number of aryl methyl sites for hydroxylation is 2. The number of hydrogen-bond donors (Lipinski definition) is 1. The Balaban J connectivity index is 1.74. The highest BCUT2D eigenvalue weighted by molar-refractivity contribution is 5.67. The van der Waals surface area contributed by atoms with Crippen molar-refractivity contribution in [2.45, 2.75) is 39.3 Å². The largest absolute Gasteiger partial charge is 0.450 e. The second-order valence-electron chi connectivity index (χ2n) is 5.25. The number of nitrogens with zero attached hydrogens (tertiary/aromatic N) is 3. The van der Waals surface area contributed by atoms with Crippen molar-refractivity contribution in [3.8, 4) is 0 Å². The molecule has 1 saturated heterocycles. The molecule has 1 aliphatic heterocycles. The number of ether oxygens (including phenoxy) is 1. The molecule has 0 saturated carbocycles. The van der Waals surface area contributed by atoms with Gasteiger partial charge in [-0.05, 0) is 26.7 Å². The number of hydrogen-bond acceptors (Lipinski definition) is 4. The molecule has 0 spiro atoms. The highest BCUT2D eigenvalue weighted by atomic mass is 16.6. The summed E-state index contributed by atoms with van der Waals surface area (Å²) in [5, 5.41) is 7.89. The zero-order chi connectivity index (χ0) is 14.5. The van der Waals surface area contributed by atoms with E-state index in [1.165, 1.54) is 5.56 Å². The molecule has 20 heavy (non-hydrogen) atoms. The van der Waals surface area contributed by atoms with Gasteiger partial charge in [0.2, 0.25) is 0 Å². The molecule has 0 unspecified atom stereocenters. The van der Waals surface area contributed by atoms with Crippen LogP contribution in [0.25, 0.3) is 0 Å². The minimum absolute atomic E-state index is 0.186. The molecule has 0 atom stereocenters. The number of carbonyl (C=O) groups excluding carboxylic acids is 1. The van der Waals surface area contributed by atoms with Crippen LogP contribution in [0.2, 0.25) is 0 Å². The highest BCUT2D eigenvalue weighted by Crippen LogP contribution is 2.13. The molecule has 1 aromatic heterocycles. The number of aromatic nitrogens is 2. The Labute approximate surface area is 120 Å². The summed E-state index contributed by atoms with van der Waals surface area (Å²) in [6, 6.07) is 0.459. The average Bonchev–Trinajstić information content (AvgIpc) is 2.75. The van der Waals surface area contributed by atoms with Crippen molar-refractivity contribution in [3.05, 3.63) is 17.5 Å². The fourth-order valence-corrected chi connectivity index (χ4v) is 2.56. The Hall–Kier alpha value is -1.56. The average molecular weight is 280 g/mol. The normalized spacial score (nSPS) is 16.4. The minimum Gasteiger partial charge on any atom is -0.450 e. The summed E-state index contributed by atoms with van der Waals surface area (Å²) in [5.74, 6) is 0. The number of piperidine rings is 1. The van der Waals surface area contributed by atoms with Crippen molar-refractivity contribution in [3.63, 3.8) is 0 Å². The first-order valence-electron chi connectivity index (χ1n) is 7.24. The quantitative estimate of drug-likeness (QED) is 0.906. The van der Waals surface area contributed by atoms with Crippen LogP contribution in [-0.2, 0) is 18.3 Å². The van der Waals surface area contributed by atoms with Crippen molar-refractivity contribution in [2.75, 3.05) is 19.7 Å². The van der Waals surface area contributed by atoms with Crippen LogP contribution in [0.4, 0.5) is 4.79 Å². The maximum atomic E-state index is 11.6. The lowest BCUT2D eigenvalue weighted by atomic mass is 10.1. The van der Waals surface area contributed by atoms with E-state index in [0.29, 0.717) is 12.6 Å². The van der Waals surface area contributed by atoms with Gasteiger partial charge in [-0.3, -0.25) is 4.68 Å². The molecule has 6 nitrogen and oxygen atoms in total. The van der Waals surface area contributed by atoms with Gasteiger partial charge in [-0.1, -0.05) is 0 Å². The van der Waals surface area contributed by atoms with Gasteiger partial charge < -0.3 is 15.0 Å². The van der Waals surface area contributed by atoms with Gasteiger partial charge in [0.25, 0.3) is 0 Å². The van der Waals surface area contributed by atoms with Crippen molar-refractivity contribution >= 4 is 6.09 Å². The van der Waals surface area contributed by atoms with E-state index in [4.69, 9.17) is 4.74 Å². The number of carbonyl (C=O) groups is 1. The maximum absolute atomic E-state index is 11.6. The van der Waals surface area contributed by atoms with Crippen molar-refractivity contribution in [2.24, 2.45) is 7.05 Å². The van der Waals surface area contributed by atoms with E-state index in [9.17, 15) is 4.79 Å². The predicted octanol–water partition coefficient (Wildman–Crippen LogP) is 1.44. The third-order valence-electron chi connectivity index (χ3n) is 3.72. The Morgan fingerprint density at radius 1 is 1.50 bits per heavy atom. The van der Waals surface area contributed by atoms with E-state index in [0.717, 1.165) is 38.2 Å². The third kappa shape index (κ3) is 3.72. The summed E-state index contributed by atoms with van der Waals surface area (Å²) in [4.78, 5) is 13.4. The SMILES string of the molecule is CCOC(=O)N1CCC(NCc2cn(C)nc2C)CC1. The molecule has 6 heteroatoms. The van der Waals surface area contributed by atoms with E-state index < -0.39 is 0 Å². The molecule has 1 fully saturated rings. The number of nitrogens with one attached hydrogen (secondary N) is 1. The first-order valence-corrected chi connectivity index (χ1v) is 7.24. The van der Waals surface area contributed by atoms with E-state index in [2.05, 4.69) is 16.6 Å². The van der Waals surface area contributed by atoms with Crippen LogP contribution in [0.3, 0.4) is 0 Å². The van der Waals surface area contributed by atoms with Crippen LogP contribution >= 0.6 is 0 Å². The van der Waals surface area contributed by atoms with Gasteiger partial charge in [0, 0.05) is 44.5 Å². The van der Waals surface area contributed by atoms with Gasteiger partial charge in [-0.15, -0.1) is 0 Å². The van der Waals surface area contributed by atoms with Crippen LogP contribution < -0.4 is 5.32 Å². The van der Waals surface area contributed by atoms with Crippen molar-refractivity contribution in [1.29, 1.82) is 0 Å². The molecule has 1 N–H and O–H groups in total. The number of likely N-dealkylation sites (tertiary alicyclic amines) is 1. The molecule has 2 heterocycles. The van der Waals surface area contributed by atoms with Crippen molar-refractivity contribution < 1.29 is 9.53 Å². The summed E-state index contributed by atoms with van der Waals surface area (Å²) >= 11 is 0. The summed E-state index contributed by atoms with van der Waals surface area (Å²) in [6.07, 6.45) is 3.81. The van der Waals surface area contributed by atoms with Gasteiger partial charge in [0.15, 0.2) is 0 Å².